The molecule has 14 heavy (non-hydrogen) atoms. The molecule has 0 aromatic heterocycles. The number of halogens is 1. The van der Waals surface area contributed by atoms with E-state index in [0.717, 1.165) is 10.7 Å². The number of hydrogen-bond donors (Lipinski definition) is 1. The number of anilines is 1. The number of nitrogens with one attached hydrogen (secondary N) is 1. The molecule has 0 saturated heterocycles. The van der Waals surface area contributed by atoms with Crippen LogP contribution in [0.15, 0.2) is 29.3 Å². The molecule has 1 N–H and O–H groups in total. The highest BCUT2D eigenvalue weighted by molar-refractivity contribution is 6.30. The normalized spacial score (nSPS) is 12.0. The molecule has 1 aromatic rings. The average Bonchev–Trinajstić information content (AvgIpc) is 2.08. The van der Waals surface area contributed by atoms with Gasteiger partial charge in [0.1, 0.15) is 0 Å². The maximum absolute atomic E-state index is 5.79. The molecule has 0 amide bonds. The second-order valence-corrected chi connectivity index (χ2v) is 4.18. The summed E-state index contributed by atoms with van der Waals surface area (Å²) in [5.74, 6) is 0. The van der Waals surface area contributed by atoms with Crippen molar-refractivity contribution in [1.82, 2.24) is 0 Å². The lowest BCUT2D eigenvalue weighted by atomic mass is 10.1. The van der Waals surface area contributed by atoms with Crippen LogP contribution in [-0.2, 0) is 0 Å². The summed E-state index contributed by atoms with van der Waals surface area (Å²) >= 11 is 5.79. The molecule has 0 atom stereocenters. The van der Waals surface area contributed by atoms with Crippen molar-refractivity contribution in [2.45, 2.75) is 19.4 Å². The van der Waals surface area contributed by atoms with Crippen LogP contribution in [0.5, 0.6) is 0 Å². The fraction of sp³-hybridized carbons (Fsp3) is 0.364. The fourth-order valence-electron chi connectivity index (χ4n) is 1.26. The fourth-order valence-corrected chi connectivity index (χ4v) is 1.39. The molecule has 1 aromatic carbocycles. The van der Waals surface area contributed by atoms with Crippen LogP contribution >= 0.6 is 11.6 Å². The Morgan fingerprint density at radius 1 is 1.29 bits per heavy atom. The largest absolute Gasteiger partial charge is 0.375 e. The van der Waals surface area contributed by atoms with E-state index in [-0.39, 0.29) is 5.54 Å². The standard InChI is InChI=1S/C11H15ClN2/c1-11(2,8-13-3)14-10-6-4-9(12)5-7-10/h4-8,14H,1-3H3. The summed E-state index contributed by atoms with van der Waals surface area (Å²) in [6.07, 6.45) is 1.88. The molecule has 0 aliphatic rings. The summed E-state index contributed by atoms with van der Waals surface area (Å²) in [5.41, 5.74) is 0.905. The van der Waals surface area contributed by atoms with Crippen molar-refractivity contribution in [3.63, 3.8) is 0 Å². The number of benzene rings is 1. The third-order valence-corrected chi connectivity index (χ3v) is 2.01. The van der Waals surface area contributed by atoms with E-state index in [9.17, 15) is 0 Å². The molecular weight excluding hydrogens is 196 g/mol. The summed E-state index contributed by atoms with van der Waals surface area (Å²) in [6, 6.07) is 7.63. The third kappa shape index (κ3) is 3.38. The first kappa shape index (κ1) is 11.1. The van der Waals surface area contributed by atoms with Crippen LogP contribution in [0.2, 0.25) is 5.02 Å². The number of rotatable bonds is 3. The van der Waals surface area contributed by atoms with Crippen molar-refractivity contribution in [2.75, 3.05) is 12.4 Å². The molecule has 2 nitrogen and oxygen atoms in total. The average molecular weight is 211 g/mol. The first-order valence-electron chi connectivity index (χ1n) is 4.50. The molecule has 0 spiro atoms. The minimum atomic E-state index is -0.136. The molecule has 0 radical (unpaired) electrons. The van der Waals surface area contributed by atoms with Crippen LogP contribution in [0, 0.1) is 0 Å². The van der Waals surface area contributed by atoms with Crippen molar-refractivity contribution in [2.24, 2.45) is 4.99 Å². The van der Waals surface area contributed by atoms with Gasteiger partial charge in [0, 0.05) is 24.0 Å². The van der Waals surface area contributed by atoms with Gasteiger partial charge >= 0.3 is 0 Å². The molecule has 0 bridgehead atoms. The van der Waals surface area contributed by atoms with Gasteiger partial charge in [-0.15, -0.1) is 0 Å². The topological polar surface area (TPSA) is 24.4 Å². The van der Waals surface area contributed by atoms with Crippen LogP contribution in [0.3, 0.4) is 0 Å². The Bertz CT molecular complexity index is 315. The predicted octanol–water partition coefficient (Wildman–Crippen LogP) is 3.23. The highest BCUT2D eigenvalue weighted by Crippen LogP contribution is 2.16. The van der Waals surface area contributed by atoms with Gasteiger partial charge in [-0.2, -0.15) is 0 Å². The quantitative estimate of drug-likeness (QED) is 0.762. The summed E-state index contributed by atoms with van der Waals surface area (Å²) in [6.45, 7) is 4.13. The lowest BCUT2D eigenvalue weighted by Crippen LogP contribution is -2.32. The van der Waals surface area contributed by atoms with Crippen LogP contribution in [0.25, 0.3) is 0 Å². The summed E-state index contributed by atoms with van der Waals surface area (Å²) in [7, 11) is 1.77. The molecule has 1 rings (SSSR count). The van der Waals surface area contributed by atoms with Gasteiger partial charge < -0.3 is 5.32 Å². The molecule has 0 heterocycles. The number of aliphatic imine (C=N–C) groups is 1. The van der Waals surface area contributed by atoms with E-state index in [2.05, 4.69) is 24.2 Å². The summed E-state index contributed by atoms with van der Waals surface area (Å²) in [4.78, 5) is 4.01. The zero-order valence-electron chi connectivity index (χ0n) is 8.71. The van der Waals surface area contributed by atoms with Gasteiger partial charge in [0.15, 0.2) is 0 Å². The number of nitrogens with zero attached hydrogens (tertiary/aromatic N) is 1. The first-order valence-corrected chi connectivity index (χ1v) is 4.88. The molecule has 0 fully saturated rings. The van der Waals surface area contributed by atoms with Crippen molar-refractivity contribution < 1.29 is 0 Å². The summed E-state index contributed by atoms with van der Waals surface area (Å²) < 4.78 is 0. The molecule has 76 valence electrons. The number of hydrogen-bond acceptors (Lipinski definition) is 2. The van der Waals surface area contributed by atoms with Crippen LogP contribution < -0.4 is 5.32 Å². The van der Waals surface area contributed by atoms with Crippen molar-refractivity contribution in [3.8, 4) is 0 Å². The van der Waals surface area contributed by atoms with E-state index < -0.39 is 0 Å². The minimum absolute atomic E-state index is 0.136. The Morgan fingerprint density at radius 3 is 2.36 bits per heavy atom. The summed E-state index contributed by atoms with van der Waals surface area (Å²) in [5, 5.41) is 4.09. The van der Waals surface area contributed by atoms with Gasteiger partial charge in [0.05, 0.1) is 5.54 Å². The first-order chi connectivity index (χ1) is 6.53. The lowest BCUT2D eigenvalue weighted by molar-refractivity contribution is 0.774. The lowest BCUT2D eigenvalue weighted by Gasteiger charge is -2.22. The third-order valence-electron chi connectivity index (χ3n) is 1.76. The van der Waals surface area contributed by atoms with Gasteiger partial charge in [0.25, 0.3) is 0 Å². The highest BCUT2D eigenvalue weighted by Gasteiger charge is 2.13. The van der Waals surface area contributed by atoms with Crippen molar-refractivity contribution in [1.29, 1.82) is 0 Å². The molecule has 0 aliphatic carbocycles. The Labute approximate surface area is 90.0 Å². The SMILES string of the molecule is CN=CC(C)(C)Nc1ccc(Cl)cc1. The minimum Gasteiger partial charge on any atom is -0.375 e. The van der Waals surface area contributed by atoms with Gasteiger partial charge in [-0.1, -0.05) is 11.6 Å². The maximum atomic E-state index is 5.79. The molecular formula is C11H15ClN2. The Balaban J connectivity index is 2.73. The van der Waals surface area contributed by atoms with Gasteiger partial charge in [-0.25, -0.2) is 0 Å². The van der Waals surface area contributed by atoms with Gasteiger partial charge in [-0.3, -0.25) is 4.99 Å². The van der Waals surface area contributed by atoms with Gasteiger partial charge in [0.2, 0.25) is 0 Å². The van der Waals surface area contributed by atoms with Crippen molar-refractivity contribution in [3.05, 3.63) is 29.3 Å². The molecule has 3 heteroatoms. The van der Waals surface area contributed by atoms with E-state index >= 15 is 0 Å². The zero-order valence-corrected chi connectivity index (χ0v) is 9.47. The van der Waals surface area contributed by atoms with E-state index in [1.54, 1.807) is 7.05 Å². The second-order valence-electron chi connectivity index (χ2n) is 3.74. The van der Waals surface area contributed by atoms with E-state index in [1.165, 1.54) is 0 Å². The molecule has 0 saturated carbocycles. The smallest absolute Gasteiger partial charge is 0.0666 e. The molecule has 0 aliphatic heterocycles. The maximum Gasteiger partial charge on any atom is 0.0666 e. The zero-order chi connectivity index (χ0) is 10.6. The monoisotopic (exact) mass is 210 g/mol. The van der Waals surface area contributed by atoms with Crippen molar-refractivity contribution >= 4 is 23.5 Å². The predicted molar refractivity (Wildman–Crippen MR) is 63.6 cm³/mol. The van der Waals surface area contributed by atoms with Crippen LogP contribution in [0.4, 0.5) is 5.69 Å². The van der Waals surface area contributed by atoms with Crippen LogP contribution in [-0.4, -0.2) is 18.8 Å². The second kappa shape index (κ2) is 4.47. The Hall–Kier alpha value is -1.02. The highest BCUT2D eigenvalue weighted by atomic mass is 35.5. The van der Waals surface area contributed by atoms with E-state index in [0.29, 0.717) is 0 Å². The van der Waals surface area contributed by atoms with Crippen LogP contribution in [0.1, 0.15) is 13.8 Å². The van der Waals surface area contributed by atoms with E-state index in [4.69, 9.17) is 11.6 Å². The molecule has 0 unspecified atom stereocenters. The van der Waals surface area contributed by atoms with E-state index in [1.807, 2.05) is 30.5 Å². The Morgan fingerprint density at radius 2 is 1.86 bits per heavy atom. The Kier molecular flexibility index (Phi) is 3.53. The van der Waals surface area contributed by atoms with Gasteiger partial charge in [-0.05, 0) is 38.1 Å².